The Kier molecular flexibility index (Phi) is 7.00. The van der Waals surface area contributed by atoms with E-state index in [4.69, 9.17) is 4.42 Å². The molecule has 0 aliphatic rings. The summed E-state index contributed by atoms with van der Waals surface area (Å²) in [7, 11) is -3.78. The SMILES string of the molecule is Cc1ccc(NS(=O)(=O)c2cccc(C(=O)NCCSCc3ccco3)c2)cc1. The Labute approximate surface area is 174 Å². The first-order chi connectivity index (χ1) is 13.9. The Hall–Kier alpha value is -2.71. The van der Waals surface area contributed by atoms with E-state index in [0.717, 1.165) is 22.8 Å². The summed E-state index contributed by atoms with van der Waals surface area (Å²) in [5.74, 6) is 2.04. The van der Waals surface area contributed by atoms with Gasteiger partial charge in [0.05, 0.1) is 16.9 Å². The lowest BCUT2D eigenvalue weighted by atomic mass is 10.2. The van der Waals surface area contributed by atoms with Crippen molar-refractivity contribution in [1.82, 2.24) is 5.32 Å². The number of thioether (sulfide) groups is 1. The van der Waals surface area contributed by atoms with Gasteiger partial charge in [-0.2, -0.15) is 11.8 Å². The van der Waals surface area contributed by atoms with E-state index in [2.05, 4.69) is 10.0 Å². The number of anilines is 1. The highest BCUT2D eigenvalue weighted by atomic mass is 32.2. The molecule has 0 spiro atoms. The number of hydrogen-bond acceptors (Lipinski definition) is 5. The molecular formula is C21H22N2O4S2. The van der Waals surface area contributed by atoms with Gasteiger partial charge in [-0.15, -0.1) is 0 Å². The minimum Gasteiger partial charge on any atom is -0.468 e. The Morgan fingerprint density at radius 1 is 1.07 bits per heavy atom. The molecule has 0 unspecified atom stereocenters. The van der Waals surface area contributed by atoms with Gasteiger partial charge in [0.2, 0.25) is 0 Å². The van der Waals surface area contributed by atoms with Gasteiger partial charge in [0.15, 0.2) is 0 Å². The molecule has 0 atom stereocenters. The molecule has 3 rings (SSSR count). The van der Waals surface area contributed by atoms with Crippen LogP contribution in [0.3, 0.4) is 0 Å². The monoisotopic (exact) mass is 430 g/mol. The number of carbonyl (C=O) groups excluding carboxylic acids is 1. The van der Waals surface area contributed by atoms with E-state index < -0.39 is 10.0 Å². The van der Waals surface area contributed by atoms with Gasteiger partial charge in [0, 0.05) is 23.5 Å². The van der Waals surface area contributed by atoms with Crippen LogP contribution in [-0.4, -0.2) is 26.6 Å². The largest absolute Gasteiger partial charge is 0.468 e. The third-order valence-electron chi connectivity index (χ3n) is 4.07. The van der Waals surface area contributed by atoms with Crippen molar-refractivity contribution in [1.29, 1.82) is 0 Å². The number of nitrogens with one attached hydrogen (secondary N) is 2. The summed E-state index contributed by atoms with van der Waals surface area (Å²) in [4.78, 5) is 12.4. The summed E-state index contributed by atoms with van der Waals surface area (Å²) in [6, 6.07) is 16.8. The van der Waals surface area contributed by atoms with Gasteiger partial charge in [0.25, 0.3) is 15.9 Å². The third-order valence-corrected chi connectivity index (χ3v) is 6.43. The summed E-state index contributed by atoms with van der Waals surface area (Å²) in [5, 5.41) is 2.81. The highest BCUT2D eigenvalue weighted by molar-refractivity contribution is 7.98. The summed E-state index contributed by atoms with van der Waals surface area (Å²) >= 11 is 1.64. The van der Waals surface area contributed by atoms with Crippen molar-refractivity contribution in [2.24, 2.45) is 0 Å². The van der Waals surface area contributed by atoms with Crippen LogP contribution in [0.4, 0.5) is 5.69 Å². The average Bonchev–Trinajstić information content (AvgIpc) is 3.23. The number of benzene rings is 2. The van der Waals surface area contributed by atoms with E-state index in [-0.39, 0.29) is 10.8 Å². The third kappa shape index (κ3) is 6.13. The highest BCUT2D eigenvalue weighted by Gasteiger charge is 2.16. The number of amides is 1. The number of carbonyl (C=O) groups is 1. The summed E-state index contributed by atoms with van der Waals surface area (Å²) in [6.07, 6.45) is 1.63. The molecule has 1 heterocycles. The topological polar surface area (TPSA) is 88.4 Å². The van der Waals surface area contributed by atoms with Crippen molar-refractivity contribution in [3.8, 4) is 0 Å². The van der Waals surface area contributed by atoms with Gasteiger partial charge in [-0.1, -0.05) is 23.8 Å². The predicted molar refractivity (Wildman–Crippen MR) is 116 cm³/mol. The molecular weight excluding hydrogens is 408 g/mol. The van der Waals surface area contributed by atoms with E-state index in [0.29, 0.717) is 17.8 Å². The fourth-order valence-electron chi connectivity index (χ4n) is 2.55. The van der Waals surface area contributed by atoms with Crippen molar-refractivity contribution >= 4 is 33.4 Å². The lowest BCUT2D eigenvalue weighted by Gasteiger charge is -2.10. The normalized spacial score (nSPS) is 11.2. The van der Waals surface area contributed by atoms with Crippen LogP contribution < -0.4 is 10.0 Å². The number of rotatable bonds is 9. The number of furan rings is 1. The van der Waals surface area contributed by atoms with Crippen LogP contribution in [0.15, 0.2) is 76.2 Å². The molecule has 0 radical (unpaired) electrons. The molecule has 0 saturated heterocycles. The second kappa shape index (κ2) is 9.67. The molecule has 1 aromatic heterocycles. The number of sulfonamides is 1. The van der Waals surface area contributed by atoms with Gasteiger partial charge < -0.3 is 9.73 Å². The van der Waals surface area contributed by atoms with E-state index in [1.165, 1.54) is 12.1 Å². The Morgan fingerprint density at radius 3 is 2.59 bits per heavy atom. The number of hydrogen-bond donors (Lipinski definition) is 2. The zero-order valence-corrected chi connectivity index (χ0v) is 17.6. The Morgan fingerprint density at radius 2 is 1.86 bits per heavy atom. The van der Waals surface area contributed by atoms with Crippen LogP contribution in [0, 0.1) is 6.92 Å². The van der Waals surface area contributed by atoms with E-state index in [1.807, 2.05) is 31.2 Å². The average molecular weight is 431 g/mol. The maximum Gasteiger partial charge on any atom is 0.261 e. The fraction of sp³-hybridized carbons (Fsp3) is 0.190. The lowest BCUT2D eigenvalue weighted by Crippen LogP contribution is -2.26. The predicted octanol–water partition coefficient (Wildman–Crippen LogP) is 4.05. The first-order valence-corrected chi connectivity index (χ1v) is 11.7. The molecule has 0 saturated carbocycles. The lowest BCUT2D eigenvalue weighted by molar-refractivity contribution is 0.0956. The first-order valence-electron chi connectivity index (χ1n) is 9.02. The molecule has 2 N–H and O–H groups in total. The van der Waals surface area contributed by atoms with E-state index in [9.17, 15) is 13.2 Å². The minimum absolute atomic E-state index is 0.0397. The van der Waals surface area contributed by atoms with Crippen LogP contribution in [0.2, 0.25) is 0 Å². The smallest absolute Gasteiger partial charge is 0.261 e. The molecule has 29 heavy (non-hydrogen) atoms. The molecule has 2 aromatic carbocycles. The first kappa shape index (κ1) is 21.0. The van der Waals surface area contributed by atoms with Crippen molar-refractivity contribution < 1.29 is 17.6 Å². The molecule has 0 bridgehead atoms. The van der Waals surface area contributed by atoms with Crippen LogP contribution >= 0.6 is 11.8 Å². The Balaban J connectivity index is 1.56. The highest BCUT2D eigenvalue weighted by Crippen LogP contribution is 2.18. The quantitative estimate of drug-likeness (QED) is 0.500. The number of aryl methyl sites for hydroxylation is 1. The molecule has 1 amide bonds. The van der Waals surface area contributed by atoms with E-state index in [1.54, 1.807) is 42.3 Å². The van der Waals surface area contributed by atoms with Crippen LogP contribution in [0.1, 0.15) is 21.7 Å². The van der Waals surface area contributed by atoms with Crippen molar-refractivity contribution in [3.63, 3.8) is 0 Å². The second-order valence-corrected chi connectivity index (χ2v) is 9.17. The molecule has 3 aromatic rings. The molecule has 6 nitrogen and oxygen atoms in total. The van der Waals surface area contributed by atoms with Crippen LogP contribution in [0.25, 0.3) is 0 Å². The van der Waals surface area contributed by atoms with Gasteiger partial charge in [-0.05, 0) is 49.4 Å². The van der Waals surface area contributed by atoms with Gasteiger partial charge in [-0.25, -0.2) is 8.42 Å². The van der Waals surface area contributed by atoms with Gasteiger partial charge in [-0.3, -0.25) is 9.52 Å². The fourth-order valence-corrected chi connectivity index (χ4v) is 4.41. The van der Waals surface area contributed by atoms with Crippen LogP contribution in [-0.2, 0) is 15.8 Å². The maximum absolute atomic E-state index is 12.6. The summed E-state index contributed by atoms with van der Waals surface area (Å²) < 4.78 is 33.0. The minimum atomic E-state index is -3.78. The zero-order chi connectivity index (χ0) is 20.7. The molecule has 0 aliphatic heterocycles. The maximum atomic E-state index is 12.6. The van der Waals surface area contributed by atoms with Crippen molar-refractivity contribution in [2.45, 2.75) is 17.6 Å². The molecule has 8 heteroatoms. The molecule has 152 valence electrons. The second-order valence-electron chi connectivity index (χ2n) is 6.39. The standard InChI is InChI=1S/C21H22N2O4S2/c1-16-7-9-18(10-8-16)23-29(25,26)20-6-2-4-17(14-20)21(24)22-11-13-28-15-19-5-3-12-27-19/h2-10,12,14,23H,11,13,15H2,1H3,(H,22,24). The Bertz CT molecular complexity index is 1050. The van der Waals surface area contributed by atoms with E-state index >= 15 is 0 Å². The van der Waals surface area contributed by atoms with Crippen molar-refractivity contribution in [3.05, 3.63) is 83.8 Å². The summed E-state index contributed by atoms with van der Waals surface area (Å²) in [5.41, 5.74) is 1.81. The summed E-state index contributed by atoms with van der Waals surface area (Å²) in [6.45, 7) is 2.40. The molecule has 0 aliphatic carbocycles. The van der Waals surface area contributed by atoms with Gasteiger partial charge >= 0.3 is 0 Å². The zero-order valence-electron chi connectivity index (χ0n) is 15.9. The van der Waals surface area contributed by atoms with Crippen molar-refractivity contribution in [2.75, 3.05) is 17.0 Å². The van der Waals surface area contributed by atoms with Crippen LogP contribution in [0.5, 0.6) is 0 Å². The van der Waals surface area contributed by atoms with Gasteiger partial charge in [0.1, 0.15) is 5.76 Å². The molecule has 0 fully saturated rings.